The van der Waals surface area contributed by atoms with Gasteiger partial charge in [0.2, 0.25) is 5.88 Å². The van der Waals surface area contributed by atoms with Crippen LogP contribution in [-0.4, -0.2) is 47.8 Å². The highest BCUT2D eigenvalue weighted by Gasteiger charge is 2.27. The summed E-state index contributed by atoms with van der Waals surface area (Å²) in [5.74, 6) is 1.55. The number of carbonyl (C=O) groups excluding carboxylic acids is 1. The Morgan fingerprint density at radius 2 is 2.04 bits per heavy atom. The summed E-state index contributed by atoms with van der Waals surface area (Å²) in [6.45, 7) is 8.26. The first kappa shape index (κ1) is 19.1. The van der Waals surface area contributed by atoms with E-state index in [4.69, 9.17) is 9.47 Å². The zero-order valence-electron chi connectivity index (χ0n) is 16.4. The lowest BCUT2D eigenvalue weighted by Crippen LogP contribution is -2.29. The Morgan fingerprint density at radius 3 is 2.70 bits per heavy atom. The van der Waals surface area contributed by atoms with Gasteiger partial charge in [-0.25, -0.2) is 0 Å². The third-order valence-corrected chi connectivity index (χ3v) is 4.77. The molecule has 2 aromatic rings. The zero-order valence-corrected chi connectivity index (χ0v) is 16.4. The van der Waals surface area contributed by atoms with Crippen LogP contribution >= 0.6 is 0 Å². The van der Waals surface area contributed by atoms with Crippen LogP contribution in [0.2, 0.25) is 0 Å². The van der Waals surface area contributed by atoms with Crippen LogP contribution in [0.15, 0.2) is 36.4 Å². The van der Waals surface area contributed by atoms with Crippen molar-refractivity contribution in [3.05, 3.63) is 47.7 Å². The van der Waals surface area contributed by atoms with E-state index in [1.807, 2.05) is 35.2 Å². The van der Waals surface area contributed by atoms with E-state index in [2.05, 4.69) is 31.0 Å². The van der Waals surface area contributed by atoms with Crippen molar-refractivity contribution < 1.29 is 14.3 Å². The summed E-state index contributed by atoms with van der Waals surface area (Å²) < 4.78 is 11.0. The number of rotatable bonds is 5. The summed E-state index contributed by atoms with van der Waals surface area (Å²) in [5, 5.41) is 8.40. The molecule has 2 heterocycles. The molecule has 6 nitrogen and oxygen atoms in total. The molecule has 3 rings (SSSR count). The minimum Gasteiger partial charge on any atom is -0.497 e. The average Bonchev–Trinajstić information content (AvgIpc) is 3.14. The standard InChI is InChI=1S/C21H27N3O3/c1-21(2,3)18-8-9-19(23-22-18)27-14-15-10-11-24(13-15)20(25)16-6-5-7-17(12-16)26-4/h5-9,12,15H,10-11,13-14H2,1-4H3. The van der Waals surface area contributed by atoms with Crippen LogP contribution in [0.3, 0.4) is 0 Å². The Bertz CT molecular complexity index is 784. The monoisotopic (exact) mass is 369 g/mol. The van der Waals surface area contributed by atoms with E-state index in [0.717, 1.165) is 18.7 Å². The molecule has 1 aromatic carbocycles. The van der Waals surface area contributed by atoms with Crippen molar-refractivity contribution >= 4 is 5.91 Å². The van der Waals surface area contributed by atoms with Crippen molar-refractivity contribution in [1.29, 1.82) is 0 Å². The smallest absolute Gasteiger partial charge is 0.253 e. The number of amides is 1. The molecule has 27 heavy (non-hydrogen) atoms. The number of nitrogens with zero attached hydrogens (tertiary/aromatic N) is 3. The predicted molar refractivity (Wildman–Crippen MR) is 103 cm³/mol. The number of carbonyl (C=O) groups is 1. The molecule has 0 N–H and O–H groups in total. The van der Waals surface area contributed by atoms with Crippen LogP contribution in [0, 0.1) is 5.92 Å². The molecule has 144 valence electrons. The number of aromatic nitrogens is 2. The molecule has 0 spiro atoms. The zero-order chi connectivity index (χ0) is 19.4. The molecule has 0 bridgehead atoms. The summed E-state index contributed by atoms with van der Waals surface area (Å²) in [6.07, 6.45) is 0.920. The van der Waals surface area contributed by atoms with Gasteiger partial charge in [0.25, 0.3) is 5.91 Å². The number of methoxy groups -OCH3 is 1. The van der Waals surface area contributed by atoms with Gasteiger partial charge in [-0.3, -0.25) is 4.79 Å². The molecule has 1 atom stereocenters. The van der Waals surface area contributed by atoms with Gasteiger partial charge in [0.15, 0.2) is 0 Å². The summed E-state index contributed by atoms with van der Waals surface area (Å²) in [5.41, 5.74) is 1.56. The van der Waals surface area contributed by atoms with Crippen molar-refractivity contribution in [2.75, 3.05) is 26.8 Å². The average molecular weight is 369 g/mol. The van der Waals surface area contributed by atoms with Gasteiger partial charge in [-0.05, 0) is 30.7 Å². The quantitative estimate of drug-likeness (QED) is 0.809. The predicted octanol–water partition coefficient (Wildman–Crippen LogP) is 3.32. The lowest BCUT2D eigenvalue weighted by molar-refractivity contribution is 0.0782. The van der Waals surface area contributed by atoms with E-state index in [-0.39, 0.29) is 11.3 Å². The molecule has 1 aromatic heterocycles. The second kappa shape index (κ2) is 7.94. The van der Waals surface area contributed by atoms with Gasteiger partial charge in [-0.2, -0.15) is 5.10 Å². The van der Waals surface area contributed by atoms with Crippen LogP contribution in [0.25, 0.3) is 0 Å². The van der Waals surface area contributed by atoms with Crippen molar-refractivity contribution in [2.24, 2.45) is 5.92 Å². The van der Waals surface area contributed by atoms with Gasteiger partial charge in [-0.15, -0.1) is 5.10 Å². The normalized spacial score (nSPS) is 17.0. The second-order valence-electron chi connectivity index (χ2n) is 7.96. The van der Waals surface area contributed by atoms with Crippen LogP contribution in [0.5, 0.6) is 11.6 Å². The number of hydrogen-bond donors (Lipinski definition) is 0. The number of hydrogen-bond acceptors (Lipinski definition) is 5. The van der Waals surface area contributed by atoms with Crippen LogP contribution < -0.4 is 9.47 Å². The van der Waals surface area contributed by atoms with Crippen molar-refractivity contribution in [3.63, 3.8) is 0 Å². The molecule has 1 fully saturated rings. The molecular weight excluding hydrogens is 342 g/mol. The molecule has 1 unspecified atom stereocenters. The molecule has 1 amide bonds. The van der Waals surface area contributed by atoms with Crippen LogP contribution in [0.4, 0.5) is 0 Å². The fraction of sp³-hybridized carbons (Fsp3) is 0.476. The number of likely N-dealkylation sites (tertiary alicyclic amines) is 1. The van der Waals surface area contributed by atoms with Gasteiger partial charge >= 0.3 is 0 Å². The largest absolute Gasteiger partial charge is 0.497 e. The molecule has 0 saturated carbocycles. The fourth-order valence-corrected chi connectivity index (χ4v) is 3.09. The third kappa shape index (κ3) is 4.76. The van der Waals surface area contributed by atoms with Gasteiger partial charge in [0.05, 0.1) is 19.4 Å². The maximum absolute atomic E-state index is 12.7. The van der Waals surface area contributed by atoms with E-state index in [1.54, 1.807) is 13.2 Å². The molecular formula is C21H27N3O3. The fourth-order valence-electron chi connectivity index (χ4n) is 3.09. The number of ether oxygens (including phenoxy) is 2. The molecule has 0 radical (unpaired) electrons. The molecule has 1 aliphatic heterocycles. The Hall–Kier alpha value is -2.63. The molecule has 6 heteroatoms. The Labute approximate surface area is 160 Å². The Morgan fingerprint density at radius 1 is 1.22 bits per heavy atom. The van der Waals surface area contributed by atoms with Gasteiger partial charge in [0, 0.05) is 36.1 Å². The maximum atomic E-state index is 12.7. The van der Waals surface area contributed by atoms with E-state index in [1.165, 1.54) is 0 Å². The van der Waals surface area contributed by atoms with Gasteiger partial charge < -0.3 is 14.4 Å². The van der Waals surface area contributed by atoms with Gasteiger partial charge in [-0.1, -0.05) is 26.8 Å². The van der Waals surface area contributed by atoms with Crippen LogP contribution in [0.1, 0.15) is 43.2 Å². The van der Waals surface area contributed by atoms with E-state index in [0.29, 0.717) is 36.3 Å². The van der Waals surface area contributed by atoms with Gasteiger partial charge in [0.1, 0.15) is 5.75 Å². The number of benzene rings is 1. The minimum atomic E-state index is -0.0298. The summed E-state index contributed by atoms with van der Waals surface area (Å²) >= 11 is 0. The Balaban J connectivity index is 1.53. The summed E-state index contributed by atoms with van der Waals surface area (Å²) in [7, 11) is 1.60. The van der Waals surface area contributed by atoms with Crippen molar-refractivity contribution in [1.82, 2.24) is 15.1 Å². The topological polar surface area (TPSA) is 64.5 Å². The first-order valence-corrected chi connectivity index (χ1v) is 9.27. The second-order valence-corrected chi connectivity index (χ2v) is 7.96. The summed E-state index contributed by atoms with van der Waals surface area (Å²) in [6, 6.07) is 11.1. The first-order chi connectivity index (χ1) is 12.9. The first-order valence-electron chi connectivity index (χ1n) is 9.27. The lowest BCUT2D eigenvalue weighted by Gasteiger charge is -2.18. The van der Waals surface area contributed by atoms with E-state index >= 15 is 0 Å². The molecule has 0 aliphatic carbocycles. The van der Waals surface area contributed by atoms with Crippen LogP contribution in [-0.2, 0) is 5.41 Å². The maximum Gasteiger partial charge on any atom is 0.253 e. The Kier molecular flexibility index (Phi) is 5.63. The highest BCUT2D eigenvalue weighted by Crippen LogP contribution is 2.23. The lowest BCUT2D eigenvalue weighted by atomic mass is 9.92. The SMILES string of the molecule is COc1cccc(C(=O)N2CCC(COc3ccc(C(C)(C)C)nn3)C2)c1. The van der Waals surface area contributed by atoms with E-state index < -0.39 is 0 Å². The summed E-state index contributed by atoms with van der Waals surface area (Å²) in [4.78, 5) is 14.5. The highest BCUT2D eigenvalue weighted by molar-refractivity contribution is 5.94. The van der Waals surface area contributed by atoms with Crippen molar-refractivity contribution in [3.8, 4) is 11.6 Å². The van der Waals surface area contributed by atoms with Crippen molar-refractivity contribution in [2.45, 2.75) is 32.6 Å². The van der Waals surface area contributed by atoms with E-state index in [9.17, 15) is 4.79 Å². The molecule has 1 aliphatic rings. The highest BCUT2D eigenvalue weighted by atomic mass is 16.5. The molecule has 1 saturated heterocycles. The minimum absolute atomic E-state index is 0.0298. The third-order valence-electron chi connectivity index (χ3n) is 4.77.